The molecular weight excluding hydrogens is 1030 g/mol. The van der Waals surface area contributed by atoms with Crippen LogP contribution in [0.1, 0.15) is 96.8 Å². The van der Waals surface area contributed by atoms with Gasteiger partial charge in [0.25, 0.3) is 0 Å². The number of rotatable bonds is 20. The number of allylic oxidation sites excluding steroid dienone is 1. The number of anilines is 6. The molecule has 21 heteroatoms. The molecule has 6 N–H and O–H groups in total. The zero-order chi connectivity index (χ0) is 55.4. The molecule has 4 amide bonds. The van der Waals surface area contributed by atoms with Crippen LogP contribution in [0.3, 0.4) is 0 Å². The summed E-state index contributed by atoms with van der Waals surface area (Å²) in [7, 11) is 2.11. The van der Waals surface area contributed by atoms with Crippen LogP contribution in [0.5, 0.6) is 0 Å². The summed E-state index contributed by atoms with van der Waals surface area (Å²) >= 11 is 3.20. The molecule has 0 fully saturated rings. The Morgan fingerprint density at radius 2 is 1.34 bits per heavy atom. The van der Waals surface area contributed by atoms with Crippen LogP contribution in [-0.2, 0) is 10.8 Å². The average Bonchev–Trinajstić information content (AvgIpc) is 4.43. The van der Waals surface area contributed by atoms with Gasteiger partial charge in [0.15, 0.2) is 16.6 Å². The lowest BCUT2D eigenvalue weighted by molar-refractivity contribution is 0.259. The summed E-state index contributed by atoms with van der Waals surface area (Å²) in [4.78, 5) is 52.2. The summed E-state index contributed by atoms with van der Waals surface area (Å²) in [6.45, 7) is 23.1. The summed E-state index contributed by atoms with van der Waals surface area (Å²) in [5.74, 6) is 4.29. The molecule has 2 bridgehead atoms. The van der Waals surface area contributed by atoms with Crippen molar-refractivity contribution in [1.29, 1.82) is 0 Å². The van der Waals surface area contributed by atoms with Crippen molar-refractivity contribution in [3.05, 3.63) is 120 Å². The molecule has 10 rings (SSSR count). The lowest BCUT2D eigenvalue weighted by Crippen LogP contribution is -2.30. The van der Waals surface area contributed by atoms with Crippen LogP contribution in [0.25, 0.3) is 32.3 Å². The molecule has 0 saturated carbocycles. The largest absolute Gasteiger partial charge is 0.369 e. The van der Waals surface area contributed by atoms with E-state index >= 15 is 0 Å². The van der Waals surface area contributed by atoms with Gasteiger partial charge >= 0.3 is 12.1 Å². The number of thiazole rings is 1. The fourth-order valence-corrected chi connectivity index (χ4v) is 11.6. The summed E-state index contributed by atoms with van der Waals surface area (Å²) in [6.07, 6.45) is 5.96. The van der Waals surface area contributed by atoms with E-state index in [9.17, 15) is 9.59 Å². The Balaban J connectivity index is 0.658. The number of pyridine rings is 2. The third-order valence-corrected chi connectivity index (χ3v) is 16.5. The maximum absolute atomic E-state index is 13.1. The number of thioether (sulfide) groups is 1. The Kier molecular flexibility index (Phi) is 16.2. The van der Waals surface area contributed by atoms with Crippen molar-refractivity contribution in [2.45, 2.75) is 90.0 Å². The van der Waals surface area contributed by atoms with Gasteiger partial charge in [0.05, 0.1) is 22.0 Å². The highest BCUT2D eigenvalue weighted by Crippen LogP contribution is 2.45. The standard InChI is InChI=1S/C58H69N15O4S2/c1-10-72(11-2)29-26-60-48-23-21-44-53(66-48)79-56-64-43(34-73(44)56)37-14-18-40(19-15-37)62-55(75)68-50-33-46(77-70-50)58(7,8)24-27-71(9)28-25-59-47-22-20-41-35(3)38-30-42(63-51(31-38)78-52(41)65-47)36-12-16-39(17-13-36)61-54(74)67-49-32-45(76-69-49)57(4,5)6/h12-23,30,32-35,38H,10-11,24-29,31H2,1-9H3,(H,59,65)(H,60,66)(H2,61,67,69,74)(H2,62,68,70,75). The predicted octanol–water partition coefficient (Wildman–Crippen LogP) is 12.7. The minimum atomic E-state index is -0.419. The second-order valence-electron chi connectivity index (χ2n) is 21.8. The molecule has 0 radical (unpaired) electrons. The minimum absolute atomic E-state index is 0.215. The summed E-state index contributed by atoms with van der Waals surface area (Å²) in [6, 6.07) is 26.4. The second kappa shape index (κ2) is 23.4. The summed E-state index contributed by atoms with van der Waals surface area (Å²) in [5.41, 5.74) is 6.63. The van der Waals surface area contributed by atoms with E-state index in [0.717, 1.165) is 112 Å². The van der Waals surface area contributed by atoms with E-state index < -0.39 is 12.1 Å². The third-order valence-electron chi connectivity index (χ3n) is 14.6. The smallest absolute Gasteiger partial charge is 0.324 e. The van der Waals surface area contributed by atoms with E-state index in [-0.39, 0.29) is 22.7 Å². The number of likely N-dealkylation sites (N-methyl/N-ethyl adjacent to an activating group) is 2. The van der Waals surface area contributed by atoms with Gasteiger partial charge in [0.2, 0.25) is 0 Å². The van der Waals surface area contributed by atoms with Gasteiger partial charge in [-0.1, -0.05) is 125 Å². The van der Waals surface area contributed by atoms with Crippen molar-refractivity contribution >= 4 is 95.9 Å². The van der Waals surface area contributed by atoms with Gasteiger partial charge < -0.3 is 40.1 Å². The second-order valence-corrected chi connectivity index (χ2v) is 23.9. The summed E-state index contributed by atoms with van der Waals surface area (Å²) < 4.78 is 13.2. The topological polar surface area (TPSA) is 220 Å². The van der Waals surface area contributed by atoms with Crippen molar-refractivity contribution in [2.75, 3.05) is 84.8 Å². The zero-order valence-electron chi connectivity index (χ0n) is 46.2. The fourth-order valence-electron chi connectivity index (χ4n) is 9.48. The number of urea groups is 2. The van der Waals surface area contributed by atoms with Crippen molar-refractivity contribution < 1.29 is 18.6 Å². The molecule has 2 atom stereocenters. The van der Waals surface area contributed by atoms with E-state index in [0.29, 0.717) is 41.1 Å². The number of nitrogens with zero attached hydrogens (tertiary/aromatic N) is 9. The Morgan fingerprint density at radius 1 is 0.722 bits per heavy atom. The molecule has 412 valence electrons. The first kappa shape index (κ1) is 54.8. The van der Waals surface area contributed by atoms with Gasteiger partial charge in [0.1, 0.15) is 33.0 Å². The first-order valence-electron chi connectivity index (χ1n) is 26.9. The molecule has 2 aromatic carbocycles. The van der Waals surface area contributed by atoms with Gasteiger partial charge in [-0.3, -0.25) is 15.0 Å². The van der Waals surface area contributed by atoms with Gasteiger partial charge in [0, 0.05) is 78.7 Å². The number of carbonyl (C=O) groups is 2. The molecule has 8 heterocycles. The molecule has 19 nitrogen and oxygen atoms in total. The predicted molar refractivity (Wildman–Crippen MR) is 319 cm³/mol. The van der Waals surface area contributed by atoms with Crippen LogP contribution in [0.2, 0.25) is 0 Å². The van der Waals surface area contributed by atoms with Crippen molar-refractivity contribution in [2.24, 2.45) is 10.9 Å². The number of amides is 4. The number of hydrogen-bond donors (Lipinski definition) is 6. The highest BCUT2D eigenvalue weighted by Gasteiger charge is 2.32. The average molecular weight is 1100 g/mol. The first-order chi connectivity index (χ1) is 38.0. The molecule has 6 aromatic heterocycles. The Bertz CT molecular complexity index is 3510. The van der Waals surface area contributed by atoms with Crippen LogP contribution in [-0.4, -0.2) is 109 Å². The lowest BCUT2D eigenvalue weighted by Gasteiger charge is -2.25. The number of carbonyl (C=O) groups excluding carboxylic acids is 2. The molecule has 79 heavy (non-hydrogen) atoms. The molecule has 2 aliphatic heterocycles. The number of nitrogens with one attached hydrogen (secondary N) is 6. The van der Waals surface area contributed by atoms with E-state index in [1.54, 1.807) is 35.2 Å². The van der Waals surface area contributed by atoms with Crippen LogP contribution in [0.4, 0.5) is 44.2 Å². The van der Waals surface area contributed by atoms with Crippen molar-refractivity contribution in [3.63, 3.8) is 0 Å². The molecule has 0 saturated heterocycles. The van der Waals surface area contributed by atoms with Crippen LogP contribution < -0.4 is 31.9 Å². The number of fused-ring (bicyclic) bond motifs is 6. The Hall–Kier alpha value is -7.59. The number of aromatic nitrogens is 6. The molecule has 2 unspecified atom stereocenters. The Labute approximate surface area is 468 Å². The van der Waals surface area contributed by atoms with Crippen LogP contribution in [0, 0.1) is 5.92 Å². The fraction of sp³-hybridized carbons (Fsp3) is 0.379. The lowest BCUT2D eigenvalue weighted by atomic mass is 9.84. The maximum Gasteiger partial charge on any atom is 0.324 e. The monoisotopic (exact) mass is 1100 g/mol. The molecule has 0 spiro atoms. The molecule has 8 aromatic rings. The van der Waals surface area contributed by atoms with Gasteiger partial charge in [-0.25, -0.2) is 29.5 Å². The maximum atomic E-state index is 13.1. The SMILES string of the molecule is CCN(CC)CCNc1ccc2c(n1)sc1nc(-c3ccc(NC(=O)Nc4cc(C(C)(C)CCN(C)CCNc5ccc6c(n5)SC5=NC(c7ccc(NC(=O)Nc8cc(C(C)(C)C)on8)cc7)=CC(C5)C6C)on4)cc3)cn12. The minimum Gasteiger partial charge on any atom is -0.369 e. The quantitative estimate of drug-likeness (QED) is 0.0418. The highest BCUT2D eigenvalue weighted by atomic mass is 32.2. The number of imidazole rings is 1. The third kappa shape index (κ3) is 13.1. The van der Waals surface area contributed by atoms with E-state index in [1.807, 2.05) is 81.6 Å². The van der Waals surface area contributed by atoms with E-state index in [2.05, 4.69) is 122 Å². The number of hydrogen-bond acceptors (Lipinski definition) is 16. The molecule has 2 aliphatic rings. The van der Waals surface area contributed by atoms with Gasteiger partial charge in [-0.05, 0) is 98.5 Å². The Morgan fingerprint density at radius 3 is 2.00 bits per heavy atom. The van der Waals surface area contributed by atoms with Crippen molar-refractivity contribution in [1.82, 2.24) is 39.5 Å². The molecule has 0 aliphatic carbocycles. The van der Waals surface area contributed by atoms with Gasteiger partial charge in [-0.15, -0.1) is 0 Å². The number of aliphatic imine (C=N–C) groups is 1. The zero-order valence-corrected chi connectivity index (χ0v) is 47.9. The van der Waals surface area contributed by atoms with Crippen molar-refractivity contribution in [3.8, 4) is 11.3 Å². The normalized spacial score (nSPS) is 15.4. The van der Waals surface area contributed by atoms with E-state index in [4.69, 9.17) is 29.0 Å². The number of benzene rings is 2. The first-order valence-corrected chi connectivity index (χ1v) is 28.6. The van der Waals surface area contributed by atoms with Crippen LogP contribution in [0.15, 0.2) is 116 Å². The molecular formula is C58H69N15O4S2. The van der Waals surface area contributed by atoms with Crippen LogP contribution >= 0.6 is 23.1 Å². The van der Waals surface area contributed by atoms with Gasteiger partial charge in [-0.2, -0.15) is 0 Å². The highest BCUT2D eigenvalue weighted by molar-refractivity contribution is 8.14. The summed E-state index contributed by atoms with van der Waals surface area (Å²) in [5, 5.41) is 28.5. The van der Waals surface area contributed by atoms with E-state index in [1.165, 1.54) is 5.56 Å².